The van der Waals surface area contributed by atoms with Gasteiger partial charge < -0.3 is 4.90 Å². The van der Waals surface area contributed by atoms with Crippen molar-refractivity contribution in [3.05, 3.63) is 16.0 Å². The predicted molar refractivity (Wildman–Crippen MR) is 71.5 cm³/mol. The van der Waals surface area contributed by atoms with Crippen LogP contribution in [0.1, 0.15) is 22.4 Å². The molecule has 1 aromatic heterocycles. The lowest BCUT2D eigenvalue weighted by atomic mass is 10.1. The van der Waals surface area contributed by atoms with Gasteiger partial charge in [0.05, 0.1) is 17.7 Å². The lowest BCUT2D eigenvalue weighted by Crippen LogP contribution is -2.40. The molecule has 5 nitrogen and oxygen atoms in total. The minimum Gasteiger partial charge on any atom is -0.315 e. The Morgan fingerprint density at radius 1 is 1.33 bits per heavy atom. The second-order valence-corrected chi connectivity index (χ2v) is 7.51. The fraction of sp³-hybridized carbons (Fsp3) is 0.455. The average molecular weight is 281 g/mol. The van der Waals surface area contributed by atoms with Crippen molar-refractivity contribution in [2.45, 2.75) is 19.3 Å². The van der Waals surface area contributed by atoms with Crippen LogP contribution >= 0.6 is 11.3 Å². The van der Waals surface area contributed by atoms with E-state index < -0.39 is 10.0 Å². The van der Waals surface area contributed by atoms with Crippen LogP contribution in [-0.2, 0) is 22.9 Å². The highest BCUT2D eigenvalue weighted by Gasteiger charge is 2.33. The van der Waals surface area contributed by atoms with Gasteiger partial charge in [0.1, 0.15) is 5.00 Å². The van der Waals surface area contributed by atoms with Crippen LogP contribution in [0.3, 0.4) is 0 Å². The van der Waals surface area contributed by atoms with Crippen LogP contribution in [-0.4, -0.2) is 37.8 Å². The van der Waals surface area contributed by atoms with Crippen LogP contribution in [0.15, 0.2) is 9.39 Å². The molecule has 0 saturated heterocycles. The van der Waals surface area contributed by atoms with E-state index in [1.54, 1.807) is 17.7 Å². The van der Waals surface area contributed by atoms with Crippen molar-refractivity contribution in [3.63, 3.8) is 0 Å². The van der Waals surface area contributed by atoms with Crippen molar-refractivity contribution < 1.29 is 8.42 Å². The molecule has 0 radical (unpaired) electrons. The van der Waals surface area contributed by atoms with Crippen molar-refractivity contribution >= 4 is 38.5 Å². The largest absolute Gasteiger partial charge is 0.315 e. The summed E-state index contributed by atoms with van der Waals surface area (Å²) in [5, 5.41) is 0.923. The molecule has 0 aromatic carbocycles. The molecule has 3 heterocycles. The number of aryl methyl sites for hydroxylation is 1. The van der Waals surface area contributed by atoms with Crippen molar-refractivity contribution in [1.82, 2.24) is 4.90 Å². The number of fused-ring (bicyclic) bond motifs is 5. The van der Waals surface area contributed by atoms with E-state index in [2.05, 4.69) is 9.39 Å². The quantitative estimate of drug-likeness (QED) is 0.720. The van der Waals surface area contributed by atoms with Gasteiger partial charge in [0.2, 0.25) is 0 Å². The fourth-order valence-corrected chi connectivity index (χ4v) is 4.89. The van der Waals surface area contributed by atoms with Crippen LogP contribution in [0.5, 0.6) is 0 Å². The molecular weight excluding hydrogens is 270 g/mol. The molecule has 0 N–H and O–H groups in total. The first-order chi connectivity index (χ1) is 8.64. The van der Waals surface area contributed by atoms with Gasteiger partial charge in [-0.25, -0.2) is 13.4 Å². The third-order valence-corrected chi connectivity index (χ3v) is 5.88. The lowest BCUT2D eigenvalue weighted by Gasteiger charge is -2.27. The Labute approximate surface area is 109 Å². The highest BCUT2D eigenvalue weighted by atomic mass is 32.2. The van der Waals surface area contributed by atoms with E-state index in [0.717, 1.165) is 29.8 Å². The van der Waals surface area contributed by atoms with Crippen LogP contribution in [0, 0.1) is 0 Å². The molecule has 1 aliphatic carbocycles. The topological polar surface area (TPSA) is 62.1 Å². The van der Waals surface area contributed by atoms with Crippen LogP contribution in [0.2, 0.25) is 0 Å². The molecular formula is C11H11N3O2S2. The molecule has 7 heteroatoms. The Hall–Kier alpha value is -1.21. The van der Waals surface area contributed by atoms with Crippen LogP contribution < -0.4 is 0 Å². The number of aliphatic imine (C=N–C) groups is 1. The van der Waals surface area contributed by atoms with E-state index in [4.69, 9.17) is 0 Å². The summed E-state index contributed by atoms with van der Waals surface area (Å²) < 4.78 is 27.3. The van der Waals surface area contributed by atoms with E-state index in [-0.39, 0.29) is 5.75 Å². The molecule has 0 bridgehead atoms. The molecule has 94 valence electrons. The van der Waals surface area contributed by atoms with Crippen LogP contribution in [0.4, 0.5) is 5.00 Å². The van der Waals surface area contributed by atoms with Gasteiger partial charge in [-0.2, -0.15) is 0 Å². The van der Waals surface area contributed by atoms with Crippen LogP contribution in [0.25, 0.3) is 0 Å². The summed E-state index contributed by atoms with van der Waals surface area (Å²) in [6, 6.07) is 0. The summed E-state index contributed by atoms with van der Waals surface area (Å²) >= 11 is 1.68. The molecule has 4 rings (SSSR count). The number of sulfonamides is 1. The maximum atomic E-state index is 11.7. The molecule has 2 aliphatic heterocycles. The minimum absolute atomic E-state index is 0.0736. The zero-order chi connectivity index (χ0) is 12.3. The number of thiophene rings is 1. The first-order valence-corrected chi connectivity index (χ1v) is 8.35. The van der Waals surface area contributed by atoms with Gasteiger partial charge >= 0.3 is 0 Å². The smallest absolute Gasteiger partial charge is 0.256 e. The van der Waals surface area contributed by atoms with Crippen molar-refractivity contribution in [2.24, 2.45) is 9.39 Å². The Kier molecular flexibility index (Phi) is 2.03. The molecule has 3 aliphatic rings. The lowest BCUT2D eigenvalue weighted by molar-refractivity contribution is 0.573. The Morgan fingerprint density at radius 3 is 3.11 bits per heavy atom. The summed E-state index contributed by atoms with van der Waals surface area (Å²) in [5.41, 5.74) is 2.24. The first kappa shape index (κ1) is 10.7. The van der Waals surface area contributed by atoms with Gasteiger partial charge in [0, 0.05) is 11.4 Å². The molecule has 18 heavy (non-hydrogen) atoms. The molecule has 0 spiro atoms. The molecule has 0 fully saturated rings. The van der Waals surface area contributed by atoms with Crippen molar-refractivity contribution in [2.75, 3.05) is 12.3 Å². The van der Waals surface area contributed by atoms with E-state index in [9.17, 15) is 8.42 Å². The Morgan fingerprint density at radius 2 is 2.22 bits per heavy atom. The third-order valence-electron chi connectivity index (χ3n) is 3.53. The normalized spacial score (nSPS) is 23.3. The maximum absolute atomic E-state index is 11.7. The van der Waals surface area contributed by atoms with Gasteiger partial charge in [-0.1, -0.05) is 0 Å². The Balaban J connectivity index is 1.99. The summed E-state index contributed by atoms with van der Waals surface area (Å²) in [6.07, 6.45) is 4.96. The molecule has 0 amide bonds. The molecule has 0 unspecified atom stereocenters. The van der Waals surface area contributed by atoms with E-state index >= 15 is 0 Å². The number of hydrogen-bond donors (Lipinski definition) is 0. The number of rotatable bonds is 0. The summed E-state index contributed by atoms with van der Waals surface area (Å²) in [6.45, 7) is 0.453. The van der Waals surface area contributed by atoms with E-state index in [0.29, 0.717) is 12.4 Å². The van der Waals surface area contributed by atoms with Gasteiger partial charge in [-0.15, -0.1) is 15.7 Å². The van der Waals surface area contributed by atoms with E-state index in [1.165, 1.54) is 10.4 Å². The second kappa shape index (κ2) is 3.42. The maximum Gasteiger partial charge on any atom is 0.256 e. The standard InChI is InChI=1S/C11H11N3O2S2/c15-18(16)5-4-14-6-12-11-9(10(14)13-18)7-2-1-3-8(7)17-11/h6H,1-5H2. The number of amidine groups is 1. The molecule has 0 atom stereocenters. The van der Waals surface area contributed by atoms with Crippen molar-refractivity contribution in [1.29, 1.82) is 0 Å². The second-order valence-electron chi connectivity index (χ2n) is 4.68. The summed E-state index contributed by atoms with van der Waals surface area (Å²) in [5.74, 6) is 0.662. The number of hydrogen-bond acceptors (Lipinski definition) is 5. The zero-order valence-corrected chi connectivity index (χ0v) is 11.2. The van der Waals surface area contributed by atoms with Gasteiger partial charge in [0.15, 0.2) is 5.84 Å². The summed E-state index contributed by atoms with van der Waals surface area (Å²) in [4.78, 5) is 7.64. The van der Waals surface area contributed by atoms with Gasteiger partial charge in [0.25, 0.3) is 10.0 Å². The Bertz CT molecular complexity index is 700. The molecule has 0 saturated carbocycles. The summed E-state index contributed by atoms with van der Waals surface area (Å²) in [7, 11) is -3.30. The first-order valence-electron chi connectivity index (χ1n) is 5.92. The monoisotopic (exact) mass is 281 g/mol. The SMILES string of the molecule is O=S1(=O)CCN2C=Nc3sc4c(c3C2=N1)CCC4. The van der Waals surface area contributed by atoms with Gasteiger partial charge in [-0.05, 0) is 24.8 Å². The van der Waals surface area contributed by atoms with Crippen molar-refractivity contribution in [3.8, 4) is 0 Å². The minimum atomic E-state index is -3.30. The van der Waals surface area contributed by atoms with E-state index in [1.807, 2.05) is 4.90 Å². The highest BCUT2D eigenvalue weighted by Crippen LogP contribution is 2.43. The molecule has 1 aromatic rings. The third kappa shape index (κ3) is 1.40. The predicted octanol–water partition coefficient (Wildman–Crippen LogP) is 1.30. The highest BCUT2D eigenvalue weighted by molar-refractivity contribution is 7.90. The number of nitrogens with zero attached hydrogens (tertiary/aromatic N) is 3. The zero-order valence-electron chi connectivity index (χ0n) is 9.59. The average Bonchev–Trinajstić information content (AvgIpc) is 2.86. The fourth-order valence-electron chi connectivity index (χ4n) is 2.68. The van der Waals surface area contributed by atoms with Gasteiger partial charge in [-0.3, -0.25) is 0 Å².